The standard InChI is InChI=1S/C11H14BrN3O4/c1-7(5-6-10(16)14-13)19-9-4-2-3-8(11(9)12)15(17)18/h2-4,7H,5-6,13H2,1H3,(H,14,16). The molecule has 0 saturated carbocycles. The first-order chi connectivity index (χ1) is 8.95. The van der Waals surface area contributed by atoms with Crippen LogP contribution in [0, 0.1) is 10.1 Å². The third kappa shape index (κ3) is 4.49. The van der Waals surface area contributed by atoms with Gasteiger partial charge in [0.25, 0.3) is 5.69 Å². The number of nitrogens with zero attached hydrogens (tertiary/aromatic N) is 1. The van der Waals surface area contributed by atoms with Crippen LogP contribution in [-0.4, -0.2) is 16.9 Å². The maximum absolute atomic E-state index is 11.0. The van der Waals surface area contributed by atoms with Gasteiger partial charge in [-0.05, 0) is 35.3 Å². The van der Waals surface area contributed by atoms with E-state index in [0.29, 0.717) is 12.2 Å². The van der Waals surface area contributed by atoms with E-state index in [4.69, 9.17) is 10.6 Å². The maximum Gasteiger partial charge on any atom is 0.287 e. The molecule has 1 atom stereocenters. The first-order valence-corrected chi connectivity index (χ1v) is 6.34. The molecule has 3 N–H and O–H groups in total. The lowest BCUT2D eigenvalue weighted by atomic mass is 10.2. The number of nitro groups is 1. The molecule has 0 heterocycles. The van der Waals surface area contributed by atoms with E-state index in [1.807, 2.05) is 5.43 Å². The Morgan fingerprint density at radius 1 is 1.63 bits per heavy atom. The van der Waals surface area contributed by atoms with Crippen molar-refractivity contribution < 1.29 is 14.5 Å². The van der Waals surface area contributed by atoms with Crippen molar-refractivity contribution in [2.75, 3.05) is 0 Å². The highest BCUT2D eigenvalue weighted by Gasteiger charge is 2.17. The number of halogens is 1. The number of amides is 1. The minimum Gasteiger partial charge on any atom is -0.489 e. The van der Waals surface area contributed by atoms with Gasteiger partial charge in [0.05, 0.1) is 11.0 Å². The topological polar surface area (TPSA) is 107 Å². The first kappa shape index (κ1) is 15.4. The van der Waals surface area contributed by atoms with Gasteiger partial charge in [-0.15, -0.1) is 0 Å². The van der Waals surface area contributed by atoms with Crippen LogP contribution >= 0.6 is 15.9 Å². The van der Waals surface area contributed by atoms with Gasteiger partial charge in [-0.25, -0.2) is 5.84 Å². The summed E-state index contributed by atoms with van der Waals surface area (Å²) in [5.74, 6) is 5.05. The molecule has 1 rings (SSSR count). The van der Waals surface area contributed by atoms with E-state index in [9.17, 15) is 14.9 Å². The number of hydrazine groups is 1. The summed E-state index contributed by atoms with van der Waals surface area (Å²) in [5, 5.41) is 10.8. The lowest BCUT2D eigenvalue weighted by Crippen LogP contribution is -2.30. The van der Waals surface area contributed by atoms with E-state index in [2.05, 4.69) is 15.9 Å². The summed E-state index contributed by atoms with van der Waals surface area (Å²) in [6.45, 7) is 1.77. The molecule has 0 aliphatic rings. The van der Waals surface area contributed by atoms with Gasteiger partial charge in [0.2, 0.25) is 5.91 Å². The molecule has 104 valence electrons. The normalized spacial score (nSPS) is 11.7. The molecular weight excluding hydrogens is 318 g/mol. The highest BCUT2D eigenvalue weighted by molar-refractivity contribution is 9.10. The Bertz CT molecular complexity index is 481. The van der Waals surface area contributed by atoms with Crippen LogP contribution in [0.2, 0.25) is 0 Å². The van der Waals surface area contributed by atoms with Crippen molar-refractivity contribution in [3.8, 4) is 5.75 Å². The number of nitro benzene ring substituents is 1. The van der Waals surface area contributed by atoms with Gasteiger partial charge < -0.3 is 4.74 Å². The summed E-state index contributed by atoms with van der Waals surface area (Å²) >= 11 is 3.14. The zero-order valence-corrected chi connectivity index (χ0v) is 11.8. The summed E-state index contributed by atoms with van der Waals surface area (Å²) in [5.41, 5.74) is 1.96. The number of carbonyl (C=O) groups is 1. The van der Waals surface area contributed by atoms with E-state index in [1.165, 1.54) is 12.1 Å². The Kier molecular flexibility index (Phi) is 5.71. The van der Waals surface area contributed by atoms with Gasteiger partial charge in [-0.2, -0.15) is 0 Å². The third-order valence-corrected chi connectivity index (χ3v) is 3.20. The van der Waals surface area contributed by atoms with Crippen molar-refractivity contribution in [2.24, 2.45) is 5.84 Å². The number of nitrogens with one attached hydrogen (secondary N) is 1. The van der Waals surface area contributed by atoms with Crippen LogP contribution in [0.1, 0.15) is 19.8 Å². The van der Waals surface area contributed by atoms with Crippen LogP contribution in [0.25, 0.3) is 0 Å². The Hall–Kier alpha value is -1.67. The van der Waals surface area contributed by atoms with E-state index in [1.54, 1.807) is 13.0 Å². The lowest BCUT2D eigenvalue weighted by molar-refractivity contribution is -0.385. The van der Waals surface area contributed by atoms with Crippen molar-refractivity contribution in [2.45, 2.75) is 25.9 Å². The average molecular weight is 332 g/mol. The van der Waals surface area contributed by atoms with Crippen LogP contribution in [0.3, 0.4) is 0 Å². The molecule has 1 aromatic rings. The second-order valence-corrected chi connectivity index (χ2v) is 4.67. The Morgan fingerprint density at radius 3 is 2.89 bits per heavy atom. The molecule has 7 nitrogen and oxygen atoms in total. The Morgan fingerprint density at radius 2 is 2.32 bits per heavy atom. The van der Waals surface area contributed by atoms with Crippen LogP contribution in [-0.2, 0) is 4.79 Å². The predicted octanol–water partition coefficient (Wildman–Crippen LogP) is 1.89. The van der Waals surface area contributed by atoms with Crippen molar-refractivity contribution in [3.05, 3.63) is 32.8 Å². The molecule has 0 spiro atoms. The number of hydrogen-bond acceptors (Lipinski definition) is 5. The smallest absolute Gasteiger partial charge is 0.287 e. The zero-order chi connectivity index (χ0) is 14.4. The summed E-state index contributed by atoms with van der Waals surface area (Å²) in [7, 11) is 0. The summed E-state index contributed by atoms with van der Waals surface area (Å²) in [4.78, 5) is 21.3. The van der Waals surface area contributed by atoms with E-state index in [-0.39, 0.29) is 28.6 Å². The second kappa shape index (κ2) is 7.05. The molecule has 1 aromatic carbocycles. The molecule has 8 heteroatoms. The van der Waals surface area contributed by atoms with Gasteiger partial charge in [0, 0.05) is 12.5 Å². The minimum atomic E-state index is -0.497. The number of nitrogens with two attached hydrogens (primary N) is 1. The van der Waals surface area contributed by atoms with Crippen LogP contribution in [0.4, 0.5) is 5.69 Å². The fourth-order valence-electron chi connectivity index (χ4n) is 1.41. The largest absolute Gasteiger partial charge is 0.489 e. The fraction of sp³-hybridized carbons (Fsp3) is 0.364. The molecule has 1 amide bonds. The summed E-state index contributed by atoms with van der Waals surface area (Å²) in [6.07, 6.45) is 0.415. The molecular formula is C11H14BrN3O4. The van der Waals surface area contributed by atoms with Gasteiger partial charge >= 0.3 is 0 Å². The van der Waals surface area contributed by atoms with E-state index in [0.717, 1.165) is 0 Å². The fourth-order valence-corrected chi connectivity index (χ4v) is 1.92. The van der Waals surface area contributed by atoms with Crippen molar-refractivity contribution in [1.29, 1.82) is 0 Å². The summed E-state index contributed by atoms with van der Waals surface area (Å²) in [6, 6.07) is 4.54. The third-order valence-electron chi connectivity index (χ3n) is 2.41. The van der Waals surface area contributed by atoms with Crippen LogP contribution in [0.5, 0.6) is 5.75 Å². The van der Waals surface area contributed by atoms with Gasteiger partial charge in [0.1, 0.15) is 10.2 Å². The van der Waals surface area contributed by atoms with Crippen molar-refractivity contribution in [3.63, 3.8) is 0 Å². The van der Waals surface area contributed by atoms with Gasteiger partial charge in [-0.3, -0.25) is 20.3 Å². The number of rotatable bonds is 6. The molecule has 0 aromatic heterocycles. The van der Waals surface area contributed by atoms with E-state index >= 15 is 0 Å². The monoisotopic (exact) mass is 331 g/mol. The zero-order valence-electron chi connectivity index (χ0n) is 10.3. The van der Waals surface area contributed by atoms with Gasteiger partial charge in [0.15, 0.2) is 0 Å². The van der Waals surface area contributed by atoms with Crippen molar-refractivity contribution in [1.82, 2.24) is 5.43 Å². The highest BCUT2D eigenvalue weighted by atomic mass is 79.9. The molecule has 0 aliphatic carbocycles. The number of benzene rings is 1. The van der Waals surface area contributed by atoms with Crippen LogP contribution < -0.4 is 16.0 Å². The predicted molar refractivity (Wildman–Crippen MR) is 72.5 cm³/mol. The summed E-state index contributed by atoms with van der Waals surface area (Å²) < 4.78 is 5.85. The molecule has 0 aliphatic heterocycles. The van der Waals surface area contributed by atoms with E-state index < -0.39 is 4.92 Å². The molecule has 0 saturated heterocycles. The quantitative estimate of drug-likeness (QED) is 0.358. The molecule has 0 radical (unpaired) electrons. The van der Waals surface area contributed by atoms with Crippen LogP contribution in [0.15, 0.2) is 22.7 Å². The number of carbonyl (C=O) groups excluding carboxylic acids is 1. The average Bonchev–Trinajstić information content (AvgIpc) is 2.38. The Labute approximate surface area is 118 Å². The molecule has 1 unspecified atom stereocenters. The number of ether oxygens (including phenoxy) is 1. The minimum absolute atomic E-state index is 0.0654. The maximum atomic E-state index is 11.0. The Balaban J connectivity index is 2.69. The highest BCUT2D eigenvalue weighted by Crippen LogP contribution is 2.34. The molecule has 0 bridgehead atoms. The SMILES string of the molecule is CC(CCC(=O)NN)Oc1cccc([N+](=O)[O-])c1Br. The molecule has 19 heavy (non-hydrogen) atoms. The lowest BCUT2D eigenvalue weighted by Gasteiger charge is -2.15. The van der Waals surface area contributed by atoms with Crippen molar-refractivity contribution >= 4 is 27.5 Å². The van der Waals surface area contributed by atoms with Gasteiger partial charge in [-0.1, -0.05) is 6.07 Å². The number of hydrogen-bond donors (Lipinski definition) is 2. The molecule has 0 fully saturated rings. The second-order valence-electron chi connectivity index (χ2n) is 3.88. The first-order valence-electron chi connectivity index (χ1n) is 5.54.